The van der Waals surface area contributed by atoms with Crippen LogP contribution in [-0.2, 0) is 15.6 Å². The molecule has 0 heterocycles. The molecule has 0 saturated heterocycles. The van der Waals surface area contributed by atoms with Gasteiger partial charge in [0.25, 0.3) is 0 Å². The number of hydrogen-bond acceptors (Lipinski definition) is 2. The molecule has 1 aromatic carbocycles. The predicted octanol–water partition coefficient (Wildman–Crippen LogP) is 6.44. The van der Waals surface area contributed by atoms with Crippen LogP contribution in [0.2, 0.25) is 19.6 Å². The van der Waals surface area contributed by atoms with Crippen LogP contribution in [0.1, 0.15) is 51.2 Å². The van der Waals surface area contributed by atoms with Gasteiger partial charge in [0.05, 0.1) is 6.61 Å². The van der Waals surface area contributed by atoms with E-state index >= 15 is 0 Å². The Morgan fingerprint density at radius 3 is 2.50 bits per heavy atom. The molecule has 0 bridgehead atoms. The number of carbonyl (C=O) groups excluding carboxylic acids is 1. The molecular formula is C23H36O2Si. The van der Waals surface area contributed by atoms with Crippen molar-refractivity contribution >= 4 is 20.1 Å². The summed E-state index contributed by atoms with van der Waals surface area (Å²) in [5.41, 5.74) is 3.81. The first-order chi connectivity index (χ1) is 12.2. The fourth-order valence-corrected chi connectivity index (χ4v) is 4.26. The number of carbonyl (C=O) groups is 1. The Morgan fingerprint density at radius 1 is 1.15 bits per heavy atom. The van der Waals surface area contributed by atoms with Gasteiger partial charge in [-0.2, -0.15) is 0 Å². The van der Waals surface area contributed by atoms with Gasteiger partial charge in [-0.05, 0) is 62.3 Å². The van der Waals surface area contributed by atoms with Crippen molar-refractivity contribution in [2.45, 2.75) is 65.7 Å². The molecular weight excluding hydrogens is 336 g/mol. The van der Waals surface area contributed by atoms with Crippen molar-refractivity contribution in [2.75, 3.05) is 6.61 Å². The second kappa shape index (κ2) is 11.2. The van der Waals surface area contributed by atoms with E-state index in [0.717, 1.165) is 30.9 Å². The third-order valence-electron chi connectivity index (χ3n) is 4.24. The first kappa shape index (κ1) is 22.4. The maximum Gasteiger partial charge on any atom is 0.330 e. The molecule has 0 saturated carbocycles. The summed E-state index contributed by atoms with van der Waals surface area (Å²) < 4.78 is 5.37. The average Bonchev–Trinajstić information content (AvgIpc) is 2.52. The summed E-state index contributed by atoms with van der Waals surface area (Å²) in [6.07, 6.45) is 8.90. The average molecular weight is 373 g/mol. The smallest absolute Gasteiger partial charge is 0.330 e. The van der Waals surface area contributed by atoms with Crippen molar-refractivity contribution in [3.8, 4) is 0 Å². The summed E-state index contributed by atoms with van der Waals surface area (Å²) in [7, 11) is -1.19. The van der Waals surface area contributed by atoms with Gasteiger partial charge in [0.1, 0.15) is 0 Å². The Labute approximate surface area is 161 Å². The zero-order valence-corrected chi connectivity index (χ0v) is 18.5. The maximum atomic E-state index is 12.0. The third-order valence-corrected chi connectivity index (χ3v) is 5.68. The van der Waals surface area contributed by atoms with Crippen molar-refractivity contribution in [3.63, 3.8) is 0 Å². The monoisotopic (exact) mass is 372 g/mol. The van der Waals surface area contributed by atoms with E-state index in [1.54, 1.807) is 6.08 Å². The molecule has 0 spiro atoms. The maximum absolute atomic E-state index is 12.0. The standard InChI is InChI=1S/C23H36O2Si/c1-19(2)10-9-11-20(3)16-17-25-23(24)15-14-21-12-7-8-13-22(21)18-26(4,5)6/h7-8,10,12-15,20H,9,11,16-18H2,1-6H3/b15-14+. The molecule has 0 amide bonds. The highest BCUT2D eigenvalue weighted by atomic mass is 28.3. The van der Waals surface area contributed by atoms with Crippen LogP contribution >= 0.6 is 0 Å². The van der Waals surface area contributed by atoms with Crippen molar-refractivity contribution in [1.82, 2.24) is 0 Å². The molecule has 0 fully saturated rings. The quantitative estimate of drug-likeness (QED) is 0.204. The molecule has 2 nitrogen and oxygen atoms in total. The first-order valence-corrected chi connectivity index (χ1v) is 13.4. The van der Waals surface area contributed by atoms with Gasteiger partial charge in [0.2, 0.25) is 0 Å². The van der Waals surface area contributed by atoms with E-state index in [4.69, 9.17) is 4.74 Å². The van der Waals surface area contributed by atoms with E-state index in [1.807, 2.05) is 12.1 Å². The molecule has 1 aromatic rings. The van der Waals surface area contributed by atoms with Crippen LogP contribution < -0.4 is 0 Å². The van der Waals surface area contributed by atoms with Gasteiger partial charge in [-0.3, -0.25) is 0 Å². The van der Waals surface area contributed by atoms with Gasteiger partial charge in [-0.1, -0.05) is 62.5 Å². The summed E-state index contributed by atoms with van der Waals surface area (Å²) in [5.74, 6) is 0.323. The van der Waals surface area contributed by atoms with Gasteiger partial charge >= 0.3 is 5.97 Å². The molecule has 144 valence electrons. The number of hydrogen-bond donors (Lipinski definition) is 0. The van der Waals surface area contributed by atoms with E-state index in [2.05, 4.69) is 64.7 Å². The van der Waals surface area contributed by atoms with Crippen molar-refractivity contribution in [2.24, 2.45) is 5.92 Å². The number of esters is 1. The fraction of sp³-hybridized carbons (Fsp3) is 0.522. The van der Waals surface area contributed by atoms with Gasteiger partial charge in [0, 0.05) is 14.1 Å². The third kappa shape index (κ3) is 10.4. The van der Waals surface area contributed by atoms with Gasteiger partial charge in [-0.15, -0.1) is 0 Å². The highest BCUT2D eigenvalue weighted by Crippen LogP contribution is 2.17. The fourth-order valence-electron chi connectivity index (χ4n) is 2.80. The summed E-state index contributed by atoms with van der Waals surface area (Å²) in [5, 5.41) is 0. The number of allylic oxidation sites excluding steroid dienone is 2. The molecule has 1 unspecified atom stereocenters. The molecule has 1 atom stereocenters. The van der Waals surface area contributed by atoms with Crippen LogP contribution in [0.5, 0.6) is 0 Å². The second-order valence-corrected chi connectivity index (χ2v) is 14.2. The topological polar surface area (TPSA) is 26.3 Å². The number of rotatable bonds is 10. The van der Waals surface area contributed by atoms with E-state index in [1.165, 1.54) is 11.1 Å². The Morgan fingerprint density at radius 2 is 1.85 bits per heavy atom. The molecule has 1 rings (SSSR count). The first-order valence-electron chi connectivity index (χ1n) is 9.73. The normalized spacial score (nSPS) is 12.8. The van der Waals surface area contributed by atoms with Gasteiger partial charge < -0.3 is 4.74 Å². The Kier molecular flexibility index (Phi) is 9.64. The molecule has 0 aliphatic rings. The minimum absolute atomic E-state index is 0.246. The molecule has 0 radical (unpaired) electrons. The highest BCUT2D eigenvalue weighted by Gasteiger charge is 2.15. The summed E-state index contributed by atoms with van der Waals surface area (Å²) in [6.45, 7) is 14.0. The second-order valence-electron chi connectivity index (χ2n) is 8.69. The van der Waals surface area contributed by atoms with E-state index in [9.17, 15) is 4.79 Å². The highest BCUT2D eigenvalue weighted by molar-refractivity contribution is 6.75. The zero-order chi connectivity index (χ0) is 19.6. The van der Waals surface area contributed by atoms with Crippen LogP contribution in [0.3, 0.4) is 0 Å². The van der Waals surface area contributed by atoms with Crippen molar-refractivity contribution in [1.29, 1.82) is 0 Å². The van der Waals surface area contributed by atoms with Gasteiger partial charge in [0.15, 0.2) is 0 Å². The lowest BCUT2D eigenvalue weighted by Crippen LogP contribution is -2.24. The SMILES string of the molecule is CC(C)=CCCC(C)CCOC(=O)/C=C/c1ccccc1C[Si](C)(C)C. The van der Waals surface area contributed by atoms with Crippen LogP contribution in [-0.4, -0.2) is 20.7 Å². The van der Waals surface area contributed by atoms with Crippen LogP contribution in [0.4, 0.5) is 0 Å². The lowest BCUT2D eigenvalue weighted by Gasteiger charge is -2.17. The largest absolute Gasteiger partial charge is 0.463 e. The zero-order valence-electron chi connectivity index (χ0n) is 17.5. The van der Waals surface area contributed by atoms with Crippen molar-refractivity contribution < 1.29 is 9.53 Å². The van der Waals surface area contributed by atoms with Gasteiger partial charge in [-0.25, -0.2) is 4.79 Å². The van der Waals surface area contributed by atoms with E-state index < -0.39 is 8.07 Å². The lowest BCUT2D eigenvalue weighted by atomic mass is 10.0. The van der Waals surface area contributed by atoms with Crippen LogP contribution in [0.25, 0.3) is 6.08 Å². The predicted molar refractivity (Wildman–Crippen MR) is 116 cm³/mol. The van der Waals surface area contributed by atoms with Crippen LogP contribution in [0.15, 0.2) is 42.0 Å². The Bertz CT molecular complexity index is 619. The molecule has 0 N–H and O–H groups in total. The Hall–Kier alpha value is -1.61. The minimum Gasteiger partial charge on any atom is -0.463 e. The molecule has 0 aliphatic carbocycles. The molecule has 0 aromatic heterocycles. The number of ether oxygens (including phenoxy) is 1. The lowest BCUT2D eigenvalue weighted by molar-refractivity contribution is -0.138. The summed E-state index contributed by atoms with van der Waals surface area (Å²) in [4.78, 5) is 12.0. The minimum atomic E-state index is -1.19. The van der Waals surface area contributed by atoms with E-state index in [-0.39, 0.29) is 5.97 Å². The molecule has 26 heavy (non-hydrogen) atoms. The molecule has 0 aliphatic heterocycles. The van der Waals surface area contributed by atoms with E-state index in [0.29, 0.717) is 12.5 Å². The van der Waals surface area contributed by atoms with Crippen LogP contribution in [0, 0.1) is 5.92 Å². The summed E-state index contributed by atoms with van der Waals surface area (Å²) in [6, 6.07) is 9.45. The summed E-state index contributed by atoms with van der Waals surface area (Å²) >= 11 is 0. The molecule has 3 heteroatoms. The van der Waals surface area contributed by atoms with Crippen molar-refractivity contribution in [3.05, 3.63) is 53.1 Å². The Balaban J connectivity index is 2.45. The number of benzene rings is 1.